The Morgan fingerprint density at radius 3 is 2.36 bits per heavy atom. The highest BCUT2D eigenvalue weighted by molar-refractivity contribution is 6.32. The van der Waals surface area contributed by atoms with Gasteiger partial charge < -0.3 is 14.8 Å². The highest BCUT2D eigenvalue weighted by atomic mass is 35.5. The number of hydrogen-bond donors (Lipinski definition) is 1. The number of nitrogens with one attached hydrogen (secondary N) is 1. The maximum atomic E-state index is 13.0. The van der Waals surface area contributed by atoms with Crippen LogP contribution in [0.25, 0.3) is 0 Å². The zero-order chi connectivity index (χ0) is 19.1. The second-order valence-corrected chi connectivity index (χ2v) is 7.50. The molecule has 0 aliphatic heterocycles. The zero-order valence-electron chi connectivity index (χ0n) is 16.2. The SMILES string of the molecule is COc1cc(CNC2CCCCCC2)cc(Cl)c1OCc1ccc(F)cc1.Cl. The molecule has 154 valence electrons. The first-order valence-electron chi connectivity index (χ1n) is 9.63. The minimum atomic E-state index is -0.264. The normalized spacial score (nSPS) is 14.8. The molecule has 0 aromatic heterocycles. The lowest BCUT2D eigenvalue weighted by atomic mass is 10.1. The minimum absolute atomic E-state index is 0. The van der Waals surface area contributed by atoms with Crippen LogP contribution in [-0.4, -0.2) is 13.2 Å². The van der Waals surface area contributed by atoms with Gasteiger partial charge in [-0.25, -0.2) is 4.39 Å². The first kappa shape index (κ1) is 22.8. The predicted octanol–water partition coefficient (Wildman–Crippen LogP) is 6.30. The molecule has 0 unspecified atom stereocenters. The molecule has 0 bridgehead atoms. The lowest BCUT2D eigenvalue weighted by Crippen LogP contribution is -2.27. The highest BCUT2D eigenvalue weighted by Gasteiger charge is 2.15. The average Bonchev–Trinajstić information content (AvgIpc) is 2.95. The molecule has 2 aromatic carbocycles. The Balaban J connectivity index is 0.00000280. The van der Waals surface area contributed by atoms with E-state index in [2.05, 4.69) is 5.32 Å². The van der Waals surface area contributed by atoms with Gasteiger partial charge in [-0.15, -0.1) is 12.4 Å². The van der Waals surface area contributed by atoms with Gasteiger partial charge in [-0.2, -0.15) is 0 Å². The van der Waals surface area contributed by atoms with E-state index in [9.17, 15) is 4.39 Å². The molecule has 0 atom stereocenters. The number of rotatable bonds is 7. The first-order valence-corrected chi connectivity index (χ1v) is 10.0. The van der Waals surface area contributed by atoms with E-state index in [1.165, 1.54) is 50.7 Å². The fraction of sp³-hybridized carbons (Fsp3) is 0.455. The van der Waals surface area contributed by atoms with Gasteiger partial charge in [0.2, 0.25) is 0 Å². The lowest BCUT2D eigenvalue weighted by Gasteiger charge is -2.18. The monoisotopic (exact) mass is 427 g/mol. The van der Waals surface area contributed by atoms with E-state index in [-0.39, 0.29) is 18.2 Å². The second kappa shape index (κ2) is 11.5. The molecule has 3 nitrogen and oxygen atoms in total. The van der Waals surface area contributed by atoms with Crippen molar-refractivity contribution in [3.63, 3.8) is 0 Å². The van der Waals surface area contributed by atoms with Gasteiger partial charge in [0.15, 0.2) is 11.5 Å². The Hall–Kier alpha value is -1.49. The van der Waals surface area contributed by atoms with E-state index in [0.717, 1.165) is 17.7 Å². The topological polar surface area (TPSA) is 30.5 Å². The summed E-state index contributed by atoms with van der Waals surface area (Å²) in [6.45, 7) is 1.06. The molecule has 1 N–H and O–H groups in total. The third kappa shape index (κ3) is 6.54. The van der Waals surface area contributed by atoms with Gasteiger partial charge in [0.1, 0.15) is 12.4 Å². The molecule has 6 heteroatoms. The van der Waals surface area contributed by atoms with Crippen molar-refractivity contribution in [1.29, 1.82) is 0 Å². The molecule has 0 spiro atoms. The standard InChI is InChI=1S/C22H27ClFNO2.ClH/c1-26-21-13-17(14-25-19-6-4-2-3-5-7-19)12-20(23)22(21)27-15-16-8-10-18(24)11-9-16;/h8-13,19,25H,2-7,14-15H2,1H3;1H. The van der Waals surface area contributed by atoms with Gasteiger partial charge in [0.05, 0.1) is 12.1 Å². The van der Waals surface area contributed by atoms with Crippen molar-refractivity contribution >= 4 is 24.0 Å². The summed E-state index contributed by atoms with van der Waals surface area (Å²) in [5.74, 6) is 0.865. The summed E-state index contributed by atoms with van der Waals surface area (Å²) >= 11 is 6.46. The van der Waals surface area contributed by atoms with E-state index in [1.54, 1.807) is 19.2 Å². The molecule has 0 amide bonds. The molecule has 1 aliphatic carbocycles. The lowest BCUT2D eigenvalue weighted by molar-refractivity contribution is 0.284. The molecule has 1 fully saturated rings. The van der Waals surface area contributed by atoms with Crippen molar-refractivity contribution < 1.29 is 13.9 Å². The van der Waals surface area contributed by atoms with E-state index in [4.69, 9.17) is 21.1 Å². The number of hydrogen-bond acceptors (Lipinski definition) is 3. The van der Waals surface area contributed by atoms with Crippen LogP contribution in [0, 0.1) is 5.82 Å². The molecule has 0 saturated heterocycles. The average molecular weight is 428 g/mol. The van der Waals surface area contributed by atoms with Crippen LogP contribution in [0.15, 0.2) is 36.4 Å². The van der Waals surface area contributed by atoms with Gasteiger partial charge in [0.25, 0.3) is 0 Å². The summed E-state index contributed by atoms with van der Waals surface area (Å²) < 4.78 is 24.4. The summed E-state index contributed by atoms with van der Waals surface area (Å²) in [4.78, 5) is 0. The maximum absolute atomic E-state index is 13.0. The van der Waals surface area contributed by atoms with E-state index >= 15 is 0 Å². The zero-order valence-corrected chi connectivity index (χ0v) is 17.8. The third-order valence-electron chi connectivity index (χ3n) is 5.04. The fourth-order valence-electron chi connectivity index (χ4n) is 3.50. The van der Waals surface area contributed by atoms with Crippen molar-refractivity contribution in [1.82, 2.24) is 5.32 Å². The van der Waals surface area contributed by atoms with Gasteiger partial charge in [-0.3, -0.25) is 0 Å². The van der Waals surface area contributed by atoms with Crippen molar-refractivity contribution in [3.05, 3.63) is 58.4 Å². The summed E-state index contributed by atoms with van der Waals surface area (Å²) in [6.07, 6.45) is 7.78. The van der Waals surface area contributed by atoms with Gasteiger partial charge in [0, 0.05) is 12.6 Å². The summed E-state index contributed by atoms with van der Waals surface area (Å²) in [5, 5.41) is 4.17. The number of benzene rings is 2. The number of methoxy groups -OCH3 is 1. The van der Waals surface area contributed by atoms with Crippen molar-refractivity contribution in [2.24, 2.45) is 0 Å². The van der Waals surface area contributed by atoms with Crippen LogP contribution >= 0.6 is 24.0 Å². The van der Waals surface area contributed by atoms with Crippen LogP contribution in [0.2, 0.25) is 5.02 Å². The van der Waals surface area contributed by atoms with Gasteiger partial charge in [-0.05, 0) is 48.2 Å². The van der Waals surface area contributed by atoms with Crippen LogP contribution in [0.4, 0.5) is 4.39 Å². The highest BCUT2D eigenvalue weighted by Crippen LogP contribution is 2.37. The smallest absolute Gasteiger partial charge is 0.180 e. The van der Waals surface area contributed by atoms with Crippen molar-refractivity contribution in [3.8, 4) is 11.5 Å². The van der Waals surface area contributed by atoms with Crippen molar-refractivity contribution in [2.75, 3.05) is 7.11 Å². The molecule has 2 aromatic rings. The molecule has 0 radical (unpaired) electrons. The summed E-state index contributed by atoms with van der Waals surface area (Å²) in [6, 6.07) is 10.7. The molecule has 1 saturated carbocycles. The largest absolute Gasteiger partial charge is 0.493 e. The van der Waals surface area contributed by atoms with Crippen LogP contribution < -0.4 is 14.8 Å². The Morgan fingerprint density at radius 2 is 1.71 bits per heavy atom. The molecule has 28 heavy (non-hydrogen) atoms. The maximum Gasteiger partial charge on any atom is 0.180 e. The molecular weight excluding hydrogens is 400 g/mol. The molecular formula is C22H28Cl2FNO2. The van der Waals surface area contributed by atoms with Gasteiger partial charge >= 0.3 is 0 Å². The molecule has 0 heterocycles. The van der Waals surface area contributed by atoms with E-state index in [0.29, 0.717) is 29.2 Å². The van der Waals surface area contributed by atoms with Gasteiger partial charge in [-0.1, -0.05) is 49.4 Å². The number of ether oxygens (including phenoxy) is 2. The quantitative estimate of drug-likeness (QED) is 0.525. The van der Waals surface area contributed by atoms with Crippen LogP contribution in [0.3, 0.4) is 0 Å². The second-order valence-electron chi connectivity index (χ2n) is 7.09. The van der Waals surface area contributed by atoms with Crippen molar-refractivity contribution in [2.45, 2.75) is 57.7 Å². The minimum Gasteiger partial charge on any atom is -0.493 e. The number of halogens is 3. The molecule has 3 rings (SSSR count). The van der Waals surface area contributed by atoms with E-state index < -0.39 is 0 Å². The van der Waals surface area contributed by atoms with E-state index in [1.807, 2.05) is 12.1 Å². The Morgan fingerprint density at radius 1 is 1.04 bits per heavy atom. The summed E-state index contributed by atoms with van der Waals surface area (Å²) in [5.41, 5.74) is 1.95. The third-order valence-corrected chi connectivity index (χ3v) is 5.32. The van der Waals surface area contributed by atoms with Crippen LogP contribution in [-0.2, 0) is 13.2 Å². The van der Waals surface area contributed by atoms with Crippen LogP contribution in [0.1, 0.15) is 49.7 Å². The predicted molar refractivity (Wildman–Crippen MR) is 114 cm³/mol. The fourth-order valence-corrected chi connectivity index (χ4v) is 3.79. The Bertz CT molecular complexity index is 732. The first-order chi connectivity index (χ1) is 13.2. The Kier molecular flexibility index (Phi) is 9.36. The molecule has 1 aliphatic rings. The summed E-state index contributed by atoms with van der Waals surface area (Å²) in [7, 11) is 1.61. The van der Waals surface area contributed by atoms with Crippen LogP contribution in [0.5, 0.6) is 11.5 Å². The Labute approximate surface area is 178 Å².